The Labute approximate surface area is 104 Å². The fraction of sp³-hybridized carbons (Fsp3) is 0.417. The zero-order valence-corrected chi connectivity index (χ0v) is 11.0. The number of benzene rings is 1. The van der Waals surface area contributed by atoms with E-state index in [0.717, 1.165) is 27.8 Å². The van der Waals surface area contributed by atoms with Crippen molar-refractivity contribution in [2.45, 2.75) is 26.2 Å². The van der Waals surface area contributed by atoms with Gasteiger partial charge in [-0.25, -0.2) is 0 Å². The van der Waals surface area contributed by atoms with E-state index in [1.807, 2.05) is 19.1 Å². The minimum atomic E-state index is -0.750. The fourth-order valence-electron chi connectivity index (χ4n) is 1.52. The van der Waals surface area contributed by atoms with Crippen LogP contribution in [0, 0.1) is 6.92 Å². The molecule has 88 valence electrons. The maximum Gasteiger partial charge on any atom is 0.303 e. The Morgan fingerprint density at radius 2 is 2.19 bits per heavy atom. The Balaban J connectivity index is 2.78. The van der Waals surface area contributed by atoms with E-state index < -0.39 is 5.97 Å². The van der Waals surface area contributed by atoms with Crippen molar-refractivity contribution in [2.75, 3.05) is 7.11 Å². The first-order chi connectivity index (χ1) is 7.54. The van der Waals surface area contributed by atoms with Gasteiger partial charge < -0.3 is 9.84 Å². The molecule has 1 N–H and O–H groups in total. The Morgan fingerprint density at radius 1 is 1.50 bits per heavy atom. The topological polar surface area (TPSA) is 46.5 Å². The first-order valence-electron chi connectivity index (χ1n) is 5.09. The number of carboxylic acid groups (broad SMARTS) is 1. The lowest BCUT2D eigenvalue weighted by molar-refractivity contribution is -0.137. The molecule has 1 aromatic carbocycles. The average Bonchev–Trinajstić information content (AvgIpc) is 2.23. The van der Waals surface area contributed by atoms with Crippen LogP contribution in [0.3, 0.4) is 0 Å². The number of hydrogen-bond donors (Lipinski definition) is 1. The number of ether oxygens (including phenoxy) is 1. The molecule has 1 rings (SSSR count). The SMILES string of the molecule is COc1cc(Br)c(C)c(CCCC(=O)O)c1. The highest BCUT2D eigenvalue weighted by atomic mass is 79.9. The monoisotopic (exact) mass is 286 g/mol. The van der Waals surface area contributed by atoms with Gasteiger partial charge in [-0.3, -0.25) is 4.79 Å². The van der Waals surface area contributed by atoms with Crippen molar-refractivity contribution in [1.29, 1.82) is 0 Å². The summed E-state index contributed by atoms with van der Waals surface area (Å²) in [5.74, 6) is 0.0439. The van der Waals surface area contributed by atoms with Gasteiger partial charge in [-0.05, 0) is 43.0 Å². The summed E-state index contributed by atoms with van der Waals surface area (Å²) in [5.41, 5.74) is 2.28. The molecule has 16 heavy (non-hydrogen) atoms. The predicted molar refractivity (Wildman–Crippen MR) is 66.0 cm³/mol. The molecule has 1 aromatic rings. The summed E-state index contributed by atoms with van der Waals surface area (Å²) in [7, 11) is 1.62. The van der Waals surface area contributed by atoms with Gasteiger partial charge in [0.25, 0.3) is 0 Å². The van der Waals surface area contributed by atoms with Crippen LogP contribution >= 0.6 is 15.9 Å². The average molecular weight is 287 g/mol. The molecule has 3 nitrogen and oxygen atoms in total. The maximum atomic E-state index is 10.4. The van der Waals surface area contributed by atoms with Crippen molar-refractivity contribution < 1.29 is 14.6 Å². The number of aliphatic carboxylic acids is 1. The van der Waals surface area contributed by atoms with Crippen molar-refractivity contribution >= 4 is 21.9 Å². The van der Waals surface area contributed by atoms with E-state index in [-0.39, 0.29) is 6.42 Å². The largest absolute Gasteiger partial charge is 0.497 e. The third-order valence-corrected chi connectivity index (χ3v) is 3.32. The zero-order chi connectivity index (χ0) is 12.1. The van der Waals surface area contributed by atoms with Crippen molar-refractivity contribution in [2.24, 2.45) is 0 Å². The lowest BCUT2D eigenvalue weighted by Gasteiger charge is -2.10. The van der Waals surface area contributed by atoms with Gasteiger partial charge in [0, 0.05) is 10.9 Å². The summed E-state index contributed by atoms with van der Waals surface area (Å²) in [6, 6.07) is 3.87. The predicted octanol–water partition coefficient (Wildman–Crippen LogP) is 3.17. The van der Waals surface area contributed by atoms with Gasteiger partial charge >= 0.3 is 5.97 Å². The molecule has 0 spiro atoms. The quantitative estimate of drug-likeness (QED) is 0.904. The molecule has 0 aliphatic heterocycles. The van der Waals surface area contributed by atoms with E-state index in [1.165, 1.54) is 0 Å². The van der Waals surface area contributed by atoms with E-state index in [4.69, 9.17) is 9.84 Å². The van der Waals surface area contributed by atoms with Crippen molar-refractivity contribution in [3.8, 4) is 5.75 Å². The Hall–Kier alpha value is -1.03. The number of hydrogen-bond acceptors (Lipinski definition) is 2. The molecule has 0 atom stereocenters. The minimum Gasteiger partial charge on any atom is -0.497 e. The summed E-state index contributed by atoms with van der Waals surface area (Å²) in [5, 5.41) is 8.58. The normalized spacial score (nSPS) is 10.2. The lowest BCUT2D eigenvalue weighted by Crippen LogP contribution is -1.98. The highest BCUT2D eigenvalue weighted by molar-refractivity contribution is 9.10. The van der Waals surface area contributed by atoms with Crippen LogP contribution in [0.4, 0.5) is 0 Å². The Bertz CT molecular complexity index is 388. The smallest absolute Gasteiger partial charge is 0.303 e. The second kappa shape index (κ2) is 5.89. The molecule has 4 heteroatoms. The molecule has 0 fully saturated rings. The molecule has 0 heterocycles. The van der Waals surface area contributed by atoms with Crippen LogP contribution < -0.4 is 4.74 Å². The van der Waals surface area contributed by atoms with Gasteiger partial charge in [-0.1, -0.05) is 15.9 Å². The van der Waals surface area contributed by atoms with E-state index in [1.54, 1.807) is 7.11 Å². The first-order valence-corrected chi connectivity index (χ1v) is 5.88. The first kappa shape index (κ1) is 13.0. The molecule has 0 radical (unpaired) electrons. The molecule has 0 aliphatic rings. The molecule has 0 saturated heterocycles. The van der Waals surface area contributed by atoms with Crippen molar-refractivity contribution in [3.63, 3.8) is 0 Å². The van der Waals surface area contributed by atoms with Crippen LogP contribution in [0.2, 0.25) is 0 Å². The number of rotatable bonds is 5. The summed E-state index contributed by atoms with van der Waals surface area (Å²) in [6.45, 7) is 2.01. The second-order valence-corrected chi connectivity index (χ2v) is 4.49. The summed E-state index contributed by atoms with van der Waals surface area (Å²) < 4.78 is 6.17. The molecular weight excluding hydrogens is 272 g/mol. The molecule has 0 bridgehead atoms. The van der Waals surface area contributed by atoms with Gasteiger partial charge in [-0.15, -0.1) is 0 Å². The standard InChI is InChI=1S/C12H15BrO3/c1-8-9(4-3-5-12(14)15)6-10(16-2)7-11(8)13/h6-7H,3-5H2,1-2H3,(H,14,15). The number of methoxy groups -OCH3 is 1. The van der Waals surface area contributed by atoms with Crippen molar-refractivity contribution in [1.82, 2.24) is 0 Å². The zero-order valence-electron chi connectivity index (χ0n) is 9.42. The highest BCUT2D eigenvalue weighted by Crippen LogP contribution is 2.27. The fourth-order valence-corrected chi connectivity index (χ4v) is 2.00. The van der Waals surface area contributed by atoms with E-state index in [0.29, 0.717) is 6.42 Å². The van der Waals surface area contributed by atoms with Crippen LogP contribution in [0.25, 0.3) is 0 Å². The van der Waals surface area contributed by atoms with E-state index in [2.05, 4.69) is 15.9 Å². The van der Waals surface area contributed by atoms with Crippen molar-refractivity contribution in [3.05, 3.63) is 27.7 Å². The van der Waals surface area contributed by atoms with Crippen LogP contribution in [-0.4, -0.2) is 18.2 Å². The van der Waals surface area contributed by atoms with Gasteiger partial charge in [-0.2, -0.15) is 0 Å². The summed E-state index contributed by atoms with van der Waals surface area (Å²) in [4.78, 5) is 10.4. The van der Waals surface area contributed by atoms with Gasteiger partial charge in [0.1, 0.15) is 5.75 Å². The van der Waals surface area contributed by atoms with E-state index in [9.17, 15) is 4.79 Å². The summed E-state index contributed by atoms with van der Waals surface area (Å²) >= 11 is 3.46. The minimum absolute atomic E-state index is 0.203. The van der Waals surface area contributed by atoms with Crippen LogP contribution in [0.15, 0.2) is 16.6 Å². The van der Waals surface area contributed by atoms with Gasteiger partial charge in [0.15, 0.2) is 0 Å². The van der Waals surface area contributed by atoms with E-state index >= 15 is 0 Å². The highest BCUT2D eigenvalue weighted by Gasteiger charge is 2.06. The number of carbonyl (C=O) groups is 1. The summed E-state index contributed by atoms with van der Waals surface area (Å²) in [6.07, 6.45) is 1.61. The van der Waals surface area contributed by atoms with Crippen LogP contribution in [0.1, 0.15) is 24.0 Å². The van der Waals surface area contributed by atoms with Crippen LogP contribution in [0.5, 0.6) is 5.75 Å². The third-order valence-electron chi connectivity index (χ3n) is 2.50. The molecular formula is C12H15BrO3. The molecule has 0 aromatic heterocycles. The molecule has 0 saturated carbocycles. The molecule has 0 unspecified atom stereocenters. The second-order valence-electron chi connectivity index (χ2n) is 3.64. The maximum absolute atomic E-state index is 10.4. The van der Waals surface area contributed by atoms with Crippen LogP contribution in [-0.2, 0) is 11.2 Å². The Morgan fingerprint density at radius 3 is 2.75 bits per heavy atom. The van der Waals surface area contributed by atoms with Gasteiger partial charge in [0.2, 0.25) is 0 Å². The molecule has 0 amide bonds. The van der Waals surface area contributed by atoms with Gasteiger partial charge in [0.05, 0.1) is 7.11 Å². The number of halogens is 1. The number of carboxylic acids is 1. The molecule has 0 aliphatic carbocycles. The Kier molecular flexibility index (Phi) is 4.80. The lowest BCUT2D eigenvalue weighted by atomic mass is 10.0. The third kappa shape index (κ3) is 3.52. The number of aryl methyl sites for hydroxylation is 1.